The summed E-state index contributed by atoms with van der Waals surface area (Å²) >= 11 is 0. The number of imidazole rings is 1. The van der Waals surface area contributed by atoms with Gasteiger partial charge in [-0.3, -0.25) is 0 Å². The fraction of sp³-hybridized carbons (Fsp3) is 0.357. The van der Waals surface area contributed by atoms with Crippen molar-refractivity contribution >= 4 is 0 Å². The number of hydrogen-bond acceptors (Lipinski definition) is 2. The third-order valence-corrected chi connectivity index (χ3v) is 3.48. The van der Waals surface area contributed by atoms with E-state index in [2.05, 4.69) is 22.9 Å². The zero-order valence-electron chi connectivity index (χ0n) is 9.84. The number of aryl methyl sites for hydroxylation is 1. The molecular formula is C14H17N3. The quantitative estimate of drug-likeness (QED) is 0.856. The molecule has 2 N–H and O–H groups in total. The van der Waals surface area contributed by atoms with E-state index in [1.807, 2.05) is 18.2 Å². The van der Waals surface area contributed by atoms with Gasteiger partial charge in [0.15, 0.2) is 0 Å². The van der Waals surface area contributed by atoms with Crippen LogP contribution in [-0.4, -0.2) is 16.1 Å². The lowest BCUT2D eigenvalue weighted by Gasteiger charge is -2.21. The van der Waals surface area contributed by atoms with Crippen molar-refractivity contribution in [2.24, 2.45) is 5.73 Å². The van der Waals surface area contributed by atoms with Gasteiger partial charge < -0.3 is 10.3 Å². The van der Waals surface area contributed by atoms with Crippen molar-refractivity contribution in [2.75, 3.05) is 6.54 Å². The highest BCUT2D eigenvalue weighted by Gasteiger charge is 2.21. The molecule has 2 aromatic rings. The molecule has 1 aromatic heterocycles. The number of benzene rings is 1. The molecule has 1 atom stereocenters. The van der Waals surface area contributed by atoms with Crippen LogP contribution in [0.25, 0.3) is 11.3 Å². The van der Waals surface area contributed by atoms with Gasteiger partial charge in [-0.1, -0.05) is 30.3 Å². The van der Waals surface area contributed by atoms with Gasteiger partial charge in [-0.2, -0.15) is 0 Å². The van der Waals surface area contributed by atoms with Gasteiger partial charge in [-0.25, -0.2) is 4.98 Å². The highest BCUT2D eigenvalue weighted by Crippen LogP contribution is 2.28. The third-order valence-electron chi connectivity index (χ3n) is 3.48. The van der Waals surface area contributed by atoms with Crippen molar-refractivity contribution in [2.45, 2.75) is 25.3 Å². The van der Waals surface area contributed by atoms with Gasteiger partial charge in [0, 0.05) is 30.8 Å². The Morgan fingerprint density at radius 1 is 1.29 bits per heavy atom. The minimum atomic E-state index is 0.432. The minimum absolute atomic E-state index is 0.432. The molecule has 0 amide bonds. The summed E-state index contributed by atoms with van der Waals surface area (Å²) in [6, 6.07) is 10.3. The zero-order valence-corrected chi connectivity index (χ0v) is 9.84. The lowest BCUT2D eigenvalue weighted by atomic mass is 9.99. The Kier molecular flexibility index (Phi) is 2.69. The Hall–Kier alpha value is -1.61. The van der Waals surface area contributed by atoms with Crippen LogP contribution in [0.15, 0.2) is 36.5 Å². The van der Waals surface area contributed by atoms with E-state index in [-0.39, 0.29) is 0 Å². The Bertz CT molecular complexity index is 501. The van der Waals surface area contributed by atoms with E-state index in [9.17, 15) is 0 Å². The Balaban J connectivity index is 2.02. The molecule has 3 heteroatoms. The summed E-state index contributed by atoms with van der Waals surface area (Å²) in [4.78, 5) is 4.76. The van der Waals surface area contributed by atoms with Crippen molar-refractivity contribution in [3.05, 3.63) is 42.4 Å². The van der Waals surface area contributed by atoms with Crippen LogP contribution in [0.2, 0.25) is 0 Å². The van der Waals surface area contributed by atoms with Crippen LogP contribution >= 0.6 is 0 Å². The van der Waals surface area contributed by atoms with Gasteiger partial charge >= 0.3 is 0 Å². The summed E-state index contributed by atoms with van der Waals surface area (Å²) < 4.78 is 2.27. The molecule has 0 fully saturated rings. The number of aromatic nitrogens is 2. The van der Waals surface area contributed by atoms with Crippen LogP contribution in [0, 0.1) is 0 Å². The van der Waals surface area contributed by atoms with E-state index >= 15 is 0 Å². The van der Waals surface area contributed by atoms with Gasteiger partial charge in [0.2, 0.25) is 0 Å². The molecule has 2 heterocycles. The van der Waals surface area contributed by atoms with Crippen LogP contribution < -0.4 is 5.73 Å². The second-order valence-corrected chi connectivity index (χ2v) is 4.62. The summed E-state index contributed by atoms with van der Waals surface area (Å²) in [5.41, 5.74) is 8.07. The first-order chi connectivity index (χ1) is 8.38. The second-order valence-electron chi connectivity index (χ2n) is 4.62. The normalized spacial score (nSPS) is 19.0. The molecule has 0 radical (unpaired) electrons. The van der Waals surface area contributed by atoms with E-state index in [1.165, 1.54) is 18.4 Å². The van der Waals surface area contributed by atoms with Crippen molar-refractivity contribution in [1.82, 2.24) is 9.55 Å². The molecule has 17 heavy (non-hydrogen) atoms. The van der Waals surface area contributed by atoms with Crippen LogP contribution in [0.3, 0.4) is 0 Å². The summed E-state index contributed by atoms with van der Waals surface area (Å²) in [5.74, 6) is 1.60. The highest BCUT2D eigenvalue weighted by atomic mass is 15.1. The van der Waals surface area contributed by atoms with Crippen molar-refractivity contribution in [1.29, 1.82) is 0 Å². The van der Waals surface area contributed by atoms with Gasteiger partial charge in [0.05, 0.1) is 5.69 Å². The molecule has 0 aliphatic carbocycles. The van der Waals surface area contributed by atoms with Gasteiger partial charge in [-0.15, -0.1) is 0 Å². The van der Waals surface area contributed by atoms with Crippen LogP contribution in [0.5, 0.6) is 0 Å². The lowest BCUT2D eigenvalue weighted by molar-refractivity contribution is 0.448. The van der Waals surface area contributed by atoms with Crippen LogP contribution in [0.1, 0.15) is 24.6 Å². The number of nitrogens with two attached hydrogens (primary N) is 1. The minimum Gasteiger partial charge on any atom is -0.334 e. The predicted octanol–water partition coefficient (Wildman–Crippen LogP) is 2.39. The molecule has 1 aliphatic rings. The predicted molar refractivity (Wildman–Crippen MR) is 68.7 cm³/mol. The summed E-state index contributed by atoms with van der Waals surface area (Å²) in [6.45, 7) is 1.77. The van der Waals surface area contributed by atoms with Crippen molar-refractivity contribution in [3.63, 3.8) is 0 Å². The maximum Gasteiger partial charge on any atom is 0.113 e. The molecule has 1 aliphatic heterocycles. The van der Waals surface area contributed by atoms with E-state index in [0.29, 0.717) is 12.5 Å². The van der Waals surface area contributed by atoms with Crippen LogP contribution in [0.4, 0.5) is 0 Å². The first-order valence-corrected chi connectivity index (χ1v) is 6.21. The average Bonchev–Trinajstić information content (AvgIpc) is 2.83. The largest absolute Gasteiger partial charge is 0.334 e. The number of nitrogens with zero attached hydrogens (tertiary/aromatic N) is 2. The smallest absolute Gasteiger partial charge is 0.113 e. The van der Waals surface area contributed by atoms with E-state index in [1.54, 1.807) is 0 Å². The van der Waals surface area contributed by atoms with Crippen molar-refractivity contribution < 1.29 is 0 Å². The first kappa shape index (κ1) is 10.5. The molecule has 3 rings (SSSR count). The number of fused-ring (bicyclic) bond motifs is 1. The highest BCUT2D eigenvalue weighted by molar-refractivity contribution is 5.58. The molecule has 0 bridgehead atoms. The first-order valence-electron chi connectivity index (χ1n) is 6.21. The molecule has 0 spiro atoms. The monoisotopic (exact) mass is 227 g/mol. The molecule has 1 aromatic carbocycles. The third kappa shape index (κ3) is 1.87. The van der Waals surface area contributed by atoms with Crippen molar-refractivity contribution in [3.8, 4) is 11.3 Å². The molecule has 88 valence electrons. The summed E-state index contributed by atoms with van der Waals surface area (Å²) in [5, 5.41) is 0. The molecule has 1 unspecified atom stereocenters. The topological polar surface area (TPSA) is 43.8 Å². The number of hydrogen-bond donors (Lipinski definition) is 1. The average molecular weight is 227 g/mol. The number of rotatable bonds is 2. The fourth-order valence-electron chi connectivity index (χ4n) is 2.54. The maximum absolute atomic E-state index is 5.81. The van der Waals surface area contributed by atoms with E-state index < -0.39 is 0 Å². The van der Waals surface area contributed by atoms with E-state index in [0.717, 1.165) is 18.1 Å². The molecular weight excluding hydrogens is 210 g/mol. The summed E-state index contributed by atoms with van der Waals surface area (Å²) in [7, 11) is 0. The summed E-state index contributed by atoms with van der Waals surface area (Å²) in [6.07, 6.45) is 4.54. The Morgan fingerprint density at radius 2 is 2.12 bits per heavy atom. The molecule has 0 saturated heterocycles. The Morgan fingerprint density at radius 3 is 2.88 bits per heavy atom. The van der Waals surface area contributed by atoms with Gasteiger partial charge in [0.1, 0.15) is 5.82 Å². The molecule has 3 nitrogen and oxygen atoms in total. The second kappa shape index (κ2) is 4.34. The Labute approximate surface area is 101 Å². The standard InChI is InChI=1S/C14H17N3/c15-9-12-7-4-8-17-10-13(16-14(12)17)11-5-2-1-3-6-11/h1-3,5-6,10,12H,4,7-9,15H2. The van der Waals surface area contributed by atoms with E-state index in [4.69, 9.17) is 10.7 Å². The van der Waals surface area contributed by atoms with Gasteiger partial charge in [-0.05, 0) is 12.8 Å². The zero-order chi connectivity index (χ0) is 11.7. The van der Waals surface area contributed by atoms with Gasteiger partial charge in [0.25, 0.3) is 0 Å². The molecule has 0 saturated carbocycles. The van der Waals surface area contributed by atoms with Crippen LogP contribution in [-0.2, 0) is 6.54 Å². The maximum atomic E-state index is 5.81. The fourth-order valence-corrected chi connectivity index (χ4v) is 2.54. The lowest BCUT2D eigenvalue weighted by Crippen LogP contribution is -2.21. The SMILES string of the molecule is NCC1CCCn2cc(-c3ccccc3)nc21.